The van der Waals surface area contributed by atoms with Crippen LogP contribution in [0.15, 0.2) is 30.6 Å². The van der Waals surface area contributed by atoms with E-state index in [1.54, 1.807) is 18.5 Å². The van der Waals surface area contributed by atoms with Gasteiger partial charge in [-0.25, -0.2) is 13.8 Å². The van der Waals surface area contributed by atoms with Crippen LogP contribution in [-0.2, 0) is 4.79 Å². The Morgan fingerprint density at radius 2 is 1.77 bits per heavy atom. The smallest absolute Gasteiger partial charge is 0.249 e. The van der Waals surface area contributed by atoms with Crippen LogP contribution in [0.3, 0.4) is 0 Å². The molecule has 138 valence electrons. The lowest BCUT2D eigenvalue weighted by atomic mass is 9.47. The molecule has 7 heteroatoms. The minimum absolute atomic E-state index is 0.148. The molecule has 0 bridgehead atoms. The highest BCUT2D eigenvalue weighted by atomic mass is 19.3. The number of aryl methyl sites for hydroxylation is 1. The summed E-state index contributed by atoms with van der Waals surface area (Å²) in [5, 5.41) is 2.81. The lowest BCUT2D eigenvalue weighted by molar-refractivity contribution is -0.210. The molecule has 1 spiro atoms. The number of hydrogen-bond acceptors (Lipinski definition) is 3. The molecule has 2 aliphatic carbocycles. The summed E-state index contributed by atoms with van der Waals surface area (Å²) >= 11 is 0. The average Bonchev–Trinajstić information content (AvgIpc) is 2.84. The second-order valence-corrected chi connectivity index (χ2v) is 8.01. The van der Waals surface area contributed by atoms with Crippen LogP contribution in [-0.4, -0.2) is 26.9 Å². The molecule has 5 nitrogen and oxygen atoms in total. The topological polar surface area (TPSA) is 72.9 Å². The maximum Gasteiger partial charge on any atom is 0.249 e. The summed E-state index contributed by atoms with van der Waals surface area (Å²) in [6, 6.07) is 7.39. The van der Waals surface area contributed by atoms with E-state index in [9.17, 15) is 13.6 Å². The molecule has 4 rings (SSSR count). The molecule has 2 saturated carbocycles. The van der Waals surface area contributed by atoms with Gasteiger partial charge in [-0.05, 0) is 56.4 Å². The summed E-state index contributed by atoms with van der Waals surface area (Å²) in [7, 11) is 0. The number of halogens is 2. The van der Waals surface area contributed by atoms with Gasteiger partial charge in [0.1, 0.15) is 0 Å². The first-order valence-electron chi connectivity index (χ1n) is 8.71. The van der Waals surface area contributed by atoms with E-state index in [0.717, 1.165) is 17.1 Å². The average molecular weight is 360 g/mol. The van der Waals surface area contributed by atoms with Gasteiger partial charge in [0.05, 0.1) is 17.6 Å². The van der Waals surface area contributed by atoms with Gasteiger partial charge in [-0.15, -0.1) is 0 Å². The Morgan fingerprint density at radius 1 is 1.15 bits per heavy atom. The summed E-state index contributed by atoms with van der Waals surface area (Å²) in [5.41, 5.74) is 8.26. The lowest BCUT2D eigenvalue weighted by Crippen LogP contribution is -2.69. The van der Waals surface area contributed by atoms with Crippen molar-refractivity contribution in [2.45, 2.75) is 51.0 Å². The van der Waals surface area contributed by atoms with E-state index in [0.29, 0.717) is 18.5 Å². The first kappa shape index (κ1) is 17.1. The summed E-state index contributed by atoms with van der Waals surface area (Å²) in [4.78, 5) is 16.8. The van der Waals surface area contributed by atoms with Crippen LogP contribution in [0.4, 0.5) is 14.5 Å². The molecule has 0 radical (unpaired) electrons. The zero-order chi connectivity index (χ0) is 18.7. The molecule has 3 N–H and O–H groups in total. The maximum atomic E-state index is 13.1. The predicted octanol–water partition coefficient (Wildman–Crippen LogP) is 3.33. The van der Waals surface area contributed by atoms with Crippen molar-refractivity contribution in [1.29, 1.82) is 0 Å². The first-order valence-corrected chi connectivity index (χ1v) is 8.71. The number of aromatic nitrogens is 2. The molecule has 26 heavy (non-hydrogen) atoms. The van der Waals surface area contributed by atoms with Crippen molar-refractivity contribution in [3.63, 3.8) is 0 Å². The number of rotatable bonds is 3. The molecule has 0 aliphatic heterocycles. The molecular formula is C19H22F2N4O. The predicted molar refractivity (Wildman–Crippen MR) is 94.4 cm³/mol. The van der Waals surface area contributed by atoms with E-state index in [1.165, 1.54) is 0 Å². The Labute approximate surface area is 150 Å². The third-order valence-electron chi connectivity index (χ3n) is 5.76. The fourth-order valence-corrected chi connectivity index (χ4v) is 4.46. The molecule has 2 aromatic rings. The largest absolute Gasteiger partial charge is 0.324 e. The van der Waals surface area contributed by atoms with Crippen LogP contribution in [0.2, 0.25) is 0 Å². The van der Waals surface area contributed by atoms with Crippen molar-refractivity contribution in [2.24, 2.45) is 11.1 Å². The summed E-state index contributed by atoms with van der Waals surface area (Å²) < 4.78 is 28.2. The van der Waals surface area contributed by atoms with Crippen LogP contribution >= 0.6 is 0 Å². The van der Waals surface area contributed by atoms with Gasteiger partial charge in [0.15, 0.2) is 0 Å². The standard InChI is InChI=1S/C19H22F2N4O/c1-12-13(2)25(11-23-12)15-5-3-14(4-6-15)24-16(26)18(22)7-17(8-18)9-19(20,21)10-17/h3-6,11H,7-10,22H2,1-2H3,(H,24,26). The molecule has 2 fully saturated rings. The Kier molecular flexibility index (Phi) is 3.54. The van der Waals surface area contributed by atoms with Gasteiger partial charge < -0.3 is 15.6 Å². The monoisotopic (exact) mass is 360 g/mol. The number of carbonyl (C=O) groups excluding carboxylic acids is 1. The number of alkyl halides is 2. The third-order valence-corrected chi connectivity index (χ3v) is 5.76. The summed E-state index contributed by atoms with van der Waals surface area (Å²) in [5.74, 6) is -2.89. The van der Waals surface area contributed by atoms with E-state index in [1.807, 2.05) is 30.5 Å². The fraction of sp³-hybridized carbons (Fsp3) is 0.474. The molecule has 1 amide bonds. The van der Waals surface area contributed by atoms with Crippen molar-refractivity contribution in [2.75, 3.05) is 5.32 Å². The highest BCUT2D eigenvalue weighted by Crippen LogP contribution is 2.65. The maximum absolute atomic E-state index is 13.1. The highest BCUT2D eigenvalue weighted by molar-refractivity contribution is 5.99. The quantitative estimate of drug-likeness (QED) is 0.882. The molecule has 0 atom stereocenters. The minimum atomic E-state index is -2.59. The van der Waals surface area contributed by atoms with E-state index in [-0.39, 0.29) is 18.7 Å². The molecule has 2 aliphatic rings. The fourth-order valence-electron chi connectivity index (χ4n) is 4.46. The van der Waals surface area contributed by atoms with Crippen molar-refractivity contribution >= 4 is 11.6 Å². The van der Waals surface area contributed by atoms with Crippen molar-refractivity contribution < 1.29 is 13.6 Å². The normalized spacial score (nSPS) is 21.7. The van der Waals surface area contributed by atoms with E-state index in [4.69, 9.17) is 5.73 Å². The van der Waals surface area contributed by atoms with E-state index in [2.05, 4.69) is 10.3 Å². The second kappa shape index (κ2) is 5.36. The number of anilines is 1. The van der Waals surface area contributed by atoms with Gasteiger partial charge >= 0.3 is 0 Å². The van der Waals surface area contributed by atoms with Crippen LogP contribution in [0.25, 0.3) is 5.69 Å². The Balaban J connectivity index is 1.40. The van der Waals surface area contributed by atoms with Gasteiger partial charge in [-0.2, -0.15) is 0 Å². The van der Waals surface area contributed by atoms with Crippen molar-refractivity contribution in [3.05, 3.63) is 42.0 Å². The van der Waals surface area contributed by atoms with Gasteiger partial charge in [0.2, 0.25) is 11.8 Å². The first-order chi connectivity index (χ1) is 12.1. The Bertz CT molecular complexity index is 856. The molecule has 1 aromatic heterocycles. The number of nitrogens with two attached hydrogens (primary N) is 1. The minimum Gasteiger partial charge on any atom is -0.324 e. The molecule has 1 heterocycles. The Hall–Kier alpha value is -2.28. The number of imidazole rings is 1. The van der Waals surface area contributed by atoms with Gasteiger partial charge in [0, 0.05) is 29.9 Å². The molecule has 0 saturated heterocycles. The van der Waals surface area contributed by atoms with Crippen molar-refractivity contribution in [3.8, 4) is 5.69 Å². The van der Waals surface area contributed by atoms with Crippen LogP contribution in [0.5, 0.6) is 0 Å². The van der Waals surface area contributed by atoms with Gasteiger partial charge in [-0.1, -0.05) is 0 Å². The van der Waals surface area contributed by atoms with Gasteiger partial charge in [0.25, 0.3) is 0 Å². The zero-order valence-electron chi connectivity index (χ0n) is 14.9. The number of nitrogens with zero attached hydrogens (tertiary/aromatic N) is 2. The number of nitrogens with one attached hydrogen (secondary N) is 1. The Morgan fingerprint density at radius 3 is 2.27 bits per heavy atom. The SMILES string of the molecule is Cc1ncn(-c2ccc(NC(=O)C3(N)CC4(CC(F)(F)C4)C3)cc2)c1C. The van der Waals surface area contributed by atoms with Gasteiger partial charge in [-0.3, -0.25) is 4.79 Å². The number of hydrogen-bond donors (Lipinski definition) is 2. The molecular weight excluding hydrogens is 338 g/mol. The zero-order valence-corrected chi connectivity index (χ0v) is 14.9. The van der Waals surface area contributed by atoms with Crippen LogP contribution < -0.4 is 11.1 Å². The van der Waals surface area contributed by atoms with Crippen LogP contribution in [0.1, 0.15) is 37.1 Å². The van der Waals surface area contributed by atoms with Crippen molar-refractivity contribution in [1.82, 2.24) is 9.55 Å². The number of carbonyl (C=O) groups is 1. The van der Waals surface area contributed by atoms with E-state index < -0.39 is 16.9 Å². The highest BCUT2D eigenvalue weighted by Gasteiger charge is 2.67. The van der Waals surface area contributed by atoms with Crippen LogP contribution in [0, 0.1) is 19.3 Å². The summed E-state index contributed by atoms with van der Waals surface area (Å²) in [6.45, 7) is 3.94. The lowest BCUT2D eigenvalue weighted by Gasteiger charge is -2.60. The molecule has 0 unspecified atom stereocenters. The third kappa shape index (κ3) is 2.70. The second-order valence-electron chi connectivity index (χ2n) is 8.01. The number of amides is 1. The number of benzene rings is 1. The van der Waals surface area contributed by atoms with E-state index >= 15 is 0 Å². The molecule has 1 aromatic carbocycles. The summed E-state index contributed by atoms with van der Waals surface area (Å²) in [6.07, 6.45) is 2.12.